The molecular weight excluding hydrogens is 161 g/mol. The van der Waals surface area contributed by atoms with E-state index in [0.29, 0.717) is 0 Å². The third kappa shape index (κ3) is 2.78. The number of rotatable bonds is 1. The molecule has 0 bridgehead atoms. The molecule has 0 saturated carbocycles. The summed E-state index contributed by atoms with van der Waals surface area (Å²) in [6, 6.07) is 0. The molecule has 0 radical (unpaired) electrons. The van der Waals surface area contributed by atoms with Gasteiger partial charge in [-0.15, -0.1) is 0 Å². The molecule has 0 aromatic rings. The molecule has 1 heterocycles. The highest BCUT2D eigenvalue weighted by molar-refractivity contribution is 5.71. The quantitative estimate of drug-likeness (QED) is 0.556. The average molecular weight is 168 g/mol. The van der Waals surface area contributed by atoms with Crippen LogP contribution < -0.4 is 0 Å². The Morgan fingerprint density at radius 1 is 1.55 bits per heavy atom. The Hall–Kier alpha value is -0.740. The van der Waals surface area contributed by atoms with Crippen molar-refractivity contribution >= 4 is 5.97 Å². The van der Waals surface area contributed by atoms with Crippen LogP contribution in [0, 0.1) is 0 Å². The van der Waals surface area contributed by atoms with E-state index in [4.69, 9.17) is 0 Å². The normalized spacial score (nSPS) is 25.4. The predicted molar refractivity (Wildman–Crippen MR) is 29.8 cm³/mol. The SMILES string of the molecule is O=C1CCC(CC(F)(F)F)O1. The third-order valence-corrected chi connectivity index (χ3v) is 1.43. The van der Waals surface area contributed by atoms with Gasteiger partial charge in [-0.1, -0.05) is 0 Å². The van der Waals surface area contributed by atoms with E-state index in [1.807, 2.05) is 0 Å². The number of ether oxygens (including phenoxy) is 1. The van der Waals surface area contributed by atoms with Crippen LogP contribution >= 0.6 is 0 Å². The maximum atomic E-state index is 11.6. The second-order valence-corrected chi connectivity index (χ2v) is 2.47. The minimum atomic E-state index is -4.23. The van der Waals surface area contributed by atoms with E-state index in [1.54, 1.807) is 0 Å². The van der Waals surface area contributed by atoms with Gasteiger partial charge in [-0.2, -0.15) is 13.2 Å². The fourth-order valence-corrected chi connectivity index (χ4v) is 0.984. The summed E-state index contributed by atoms with van der Waals surface area (Å²) in [7, 11) is 0. The minimum absolute atomic E-state index is 0.112. The highest BCUT2D eigenvalue weighted by Crippen LogP contribution is 2.28. The molecule has 0 N–H and O–H groups in total. The van der Waals surface area contributed by atoms with Crippen LogP contribution in [0.5, 0.6) is 0 Å². The predicted octanol–water partition coefficient (Wildman–Crippen LogP) is 1.64. The molecule has 0 aromatic carbocycles. The van der Waals surface area contributed by atoms with Gasteiger partial charge in [0.05, 0.1) is 6.42 Å². The highest BCUT2D eigenvalue weighted by atomic mass is 19.4. The van der Waals surface area contributed by atoms with Gasteiger partial charge in [0.2, 0.25) is 0 Å². The van der Waals surface area contributed by atoms with Gasteiger partial charge in [-0.3, -0.25) is 4.79 Å². The summed E-state index contributed by atoms with van der Waals surface area (Å²) < 4.78 is 39.3. The van der Waals surface area contributed by atoms with E-state index in [1.165, 1.54) is 0 Å². The van der Waals surface area contributed by atoms with Crippen molar-refractivity contribution in [1.82, 2.24) is 0 Å². The summed E-state index contributed by atoms with van der Waals surface area (Å²) in [5, 5.41) is 0. The number of halogens is 3. The van der Waals surface area contributed by atoms with Crippen molar-refractivity contribution in [3.63, 3.8) is 0 Å². The standard InChI is InChI=1S/C6H7F3O2/c7-6(8,9)3-4-1-2-5(10)11-4/h4H,1-3H2. The van der Waals surface area contributed by atoms with Gasteiger partial charge in [-0.05, 0) is 6.42 Å². The van der Waals surface area contributed by atoms with Crippen LogP contribution in [0.15, 0.2) is 0 Å². The van der Waals surface area contributed by atoms with Gasteiger partial charge in [0.1, 0.15) is 6.10 Å². The molecular formula is C6H7F3O2. The summed E-state index contributed by atoms with van der Waals surface area (Å²) in [5.41, 5.74) is 0. The van der Waals surface area contributed by atoms with E-state index < -0.39 is 24.7 Å². The maximum absolute atomic E-state index is 11.6. The number of carbonyl (C=O) groups is 1. The molecule has 1 fully saturated rings. The van der Waals surface area contributed by atoms with Crippen LogP contribution in [0.25, 0.3) is 0 Å². The van der Waals surface area contributed by atoms with E-state index in [2.05, 4.69) is 4.74 Å². The molecule has 1 aliphatic rings. The number of hydrogen-bond acceptors (Lipinski definition) is 2. The largest absolute Gasteiger partial charge is 0.462 e. The summed E-state index contributed by atoms with van der Waals surface area (Å²) in [6.07, 6.45) is -5.88. The first-order valence-electron chi connectivity index (χ1n) is 3.23. The van der Waals surface area contributed by atoms with Crippen molar-refractivity contribution in [1.29, 1.82) is 0 Å². The Bertz CT molecular complexity index is 164. The first-order valence-corrected chi connectivity index (χ1v) is 3.23. The summed E-state index contributed by atoms with van der Waals surface area (Å²) in [4.78, 5) is 10.3. The summed E-state index contributed by atoms with van der Waals surface area (Å²) >= 11 is 0. The number of esters is 1. The Morgan fingerprint density at radius 2 is 2.18 bits per heavy atom. The van der Waals surface area contributed by atoms with Crippen LogP contribution in [-0.4, -0.2) is 18.2 Å². The second kappa shape index (κ2) is 2.71. The molecule has 0 amide bonds. The fraction of sp³-hybridized carbons (Fsp3) is 0.833. The van der Waals surface area contributed by atoms with Crippen molar-refractivity contribution in [2.75, 3.05) is 0 Å². The number of cyclic esters (lactones) is 1. The van der Waals surface area contributed by atoms with Crippen molar-refractivity contribution in [3.8, 4) is 0 Å². The lowest BCUT2D eigenvalue weighted by Crippen LogP contribution is -2.18. The van der Waals surface area contributed by atoms with Crippen LogP contribution in [0.3, 0.4) is 0 Å². The third-order valence-electron chi connectivity index (χ3n) is 1.43. The highest BCUT2D eigenvalue weighted by Gasteiger charge is 2.36. The fourth-order valence-electron chi connectivity index (χ4n) is 0.984. The van der Waals surface area contributed by atoms with Gasteiger partial charge in [0.25, 0.3) is 0 Å². The Morgan fingerprint density at radius 3 is 2.55 bits per heavy atom. The topological polar surface area (TPSA) is 26.3 Å². The van der Waals surface area contributed by atoms with Crippen LogP contribution in [-0.2, 0) is 9.53 Å². The first kappa shape index (κ1) is 8.36. The molecule has 1 unspecified atom stereocenters. The van der Waals surface area contributed by atoms with Gasteiger partial charge in [-0.25, -0.2) is 0 Å². The first-order chi connectivity index (χ1) is 4.97. The molecule has 1 rings (SSSR count). The van der Waals surface area contributed by atoms with Crippen molar-refractivity contribution in [2.24, 2.45) is 0 Å². The smallest absolute Gasteiger partial charge is 0.392 e. The lowest BCUT2D eigenvalue weighted by atomic mass is 10.2. The van der Waals surface area contributed by atoms with Gasteiger partial charge in [0.15, 0.2) is 0 Å². The summed E-state index contributed by atoms with van der Waals surface area (Å²) in [5.74, 6) is -0.528. The Balaban J connectivity index is 2.34. The lowest BCUT2D eigenvalue weighted by Gasteiger charge is -2.10. The molecule has 0 spiro atoms. The van der Waals surface area contributed by atoms with E-state index in [-0.39, 0.29) is 12.8 Å². The van der Waals surface area contributed by atoms with Gasteiger partial charge >= 0.3 is 12.1 Å². The molecule has 1 saturated heterocycles. The van der Waals surface area contributed by atoms with Crippen molar-refractivity contribution < 1.29 is 22.7 Å². The minimum Gasteiger partial charge on any atom is -0.462 e. The van der Waals surface area contributed by atoms with Crippen molar-refractivity contribution in [2.45, 2.75) is 31.5 Å². The molecule has 0 aliphatic carbocycles. The molecule has 1 atom stereocenters. The zero-order valence-electron chi connectivity index (χ0n) is 5.65. The zero-order chi connectivity index (χ0) is 8.48. The molecule has 2 nitrogen and oxygen atoms in total. The Kier molecular flexibility index (Phi) is 2.06. The van der Waals surface area contributed by atoms with Crippen molar-refractivity contribution in [3.05, 3.63) is 0 Å². The average Bonchev–Trinajstić information content (AvgIpc) is 2.10. The van der Waals surface area contributed by atoms with Gasteiger partial charge < -0.3 is 4.74 Å². The van der Waals surface area contributed by atoms with Crippen LogP contribution in [0.1, 0.15) is 19.3 Å². The number of hydrogen-bond donors (Lipinski definition) is 0. The number of carbonyl (C=O) groups excluding carboxylic acids is 1. The van der Waals surface area contributed by atoms with E-state index >= 15 is 0 Å². The van der Waals surface area contributed by atoms with E-state index in [0.717, 1.165) is 0 Å². The lowest BCUT2D eigenvalue weighted by molar-refractivity contribution is -0.163. The molecule has 5 heteroatoms. The Labute approximate surface area is 61.3 Å². The molecule has 0 aromatic heterocycles. The molecule has 64 valence electrons. The van der Waals surface area contributed by atoms with Crippen LogP contribution in [0.2, 0.25) is 0 Å². The van der Waals surface area contributed by atoms with E-state index in [9.17, 15) is 18.0 Å². The maximum Gasteiger partial charge on any atom is 0.392 e. The zero-order valence-corrected chi connectivity index (χ0v) is 5.65. The molecule has 11 heavy (non-hydrogen) atoms. The number of alkyl halides is 3. The van der Waals surface area contributed by atoms with Crippen LogP contribution in [0.4, 0.5) is 13.2 Å². The second-order valence-electron chi connectivity index (χ2n) is 2.47. The molecule has 1 aliphatic heterocycles. The van der Waals surface area contributed by atoms with Gasteiger partial charge in [0, 0.05) is 6.42 Å². The monoisotopic (exact) mass is 168 g/mol. The summed E-state index contributed by atoms with van der Waals surface area (Å²) in [6.45, 7) is 0.